The molecule has 27 heavy (non-hydrogen) atoms. The summed E-state index contributed by atoms with van der Waals surface area (Å²) in [7, 11) is 0. The maximum absolute atomic E-state index is 12.3. The highest BCUT2D eigenvalue weighted by Crippen LogP contribution is 2.21. The van der Waals surface area contributed by atoms with E-state index in [1.165, 1.54) is 0 Å². The monoisotopic (exact) mass is 362 g/mol. The summed E-state index contributed by atoms with van der Waals surface area (Å²) in [6.07, 6.45) is 5.16. The van der Waals surface area contributed by atoms with Gasteiger partial charge in [0.15, 0.2) is 0 Å². The summed E-state index contributed by atoms with van der Waals surface area (Å²) in [5, 5.41) is 6.11. The Morgan fingerprint density at radius 2 is 1.89 bits per heavy atom. The largest absolute Gasteiger partial charge is 0.491 e. The smallest absolute Gasteiger partial charge is 0.270 e. The van der Waals surface area contributed by atoms with Crippen LogP contribution in [0, 0.1) is 0 Å². The normalized spacial score (nSPS) is 10.5. The van der Waals surface area contributed by atoms with E-state index in [9.17, 15) is 4.79 Å². The number of rotatable bonds is 7. The fourth-order valence-electron chi connectivity index (χ4n) is 2.46. The van der Waals surface area contributed by atoms with Gasteiger partial charge in [-0.25, -0.2) is 0 Å². The van der Waals surface area contributed by atoms with Crippen molar-refractivity contribution >= 4 is 17.3 Å². The number of hydrogen-bond donors (Lipinski definition) is 2. The third-order valence-corrected chi connectivity index (χ3v) is 3.68. The fourth-order valence-corrected chi connectivity index (χ4v) is 2.46. The molecule has 0 saturated heterocycles. The van der Waals surface area contributed by atoms with Crippen molar-refractivity contribution in [2.75, 3.05) is 5.32 Å². The van der Waals surface area contributed by atoms with Gasteiger partial charge in [0.25, 0.3) is 5.91 Å². The highest BCUT2D eigenvalue weighted by molar-refractivity contribution is 5.93. The highest BCUT2D eigenvalue weighted by Gasteiger charge is 2.08. The predicted octanol–water partition coefficient (Wildman–Crippen LogP) is 3.94. The quantitative estimate of drug-likeness (QED) is 0.666. The van der Waals surface area contributed by atoms with Crippen molar-refractivity contribution in [3.63, 3.8) is 0 Å². The Hall–Kier alpha value is -3.41. The zero-order valence-corrected chi connectivity index (χ0v) is 15.3. The van der Waals surface area contributed by atoms with Gasteiger partial charge in [0, 0.05) is 36.5 Å². The van der Waals surface area contributed by atoms with Gasteiger partial charge in [-0.2, -0.15) is 0 Å². The molecule has 1 aromatic carbocycles. The Kier molecular flexibility index (Phi) is 5.99. The molecule has 0 atom stereocenters. The molecule has 0 spiro atoms. The zero-order valence-electron chi connectivity index (χ0n) is 15.3. The number of nitrogens with one attached hydrogen (secondary N) is 2. The number of benzene rings is 1. The van der Waals surface area contributed by atoms with Crippen molar-refractivity contribution in [2.24, 2.45) is 0 Å². The van der Waals surface area contributed by atoms with Gasteiger partial charge in [0.2, 0.25) is 0 Å². The summed E-state index contributed by atoms with van der Waals surface area (Å²) in [6, 6.07) is 15.0. The number of pyridine rings is 2. The van der Waals surface area contributed by atoms with Crippen LogP contribution in [0.2, 0.25) is 0 Å². The Bertz CT molecular complexity index is 880. The second-order valence-corrected chi connectivity index (χ2v) is 6.29. The molecule has 0 aliphatic heterocycles. The van der Waals surface area contributed by atoms with E-state index in [4.69, 9.17) is 4.74 Å². The molecule has 2 heterocycles. The van der Waals surface area contributed by atoms with Crippen LogP contribution in [0.3, 0.4) is 0 Å². The molecule has 0 fully saturated rings. The van der Waals surface area contributed by atoms with Gasteiger partial charge >= 0.3 is 0 Å². The van der Waals surface area contributed by atoms with Gasteiger partial charge in [-0.1, -0.05) is 6.07 Å². The first kappa shape index (κ1) is 18.4. The van der Waals surface area contributed by atoms with Gasteiger partial charge in [0.1, 0.15) is 11.4 Å². The van der Waals surface area contributed by atoms with E-state index in [1.54, 1.807) is 24.7 Å². The number of carbonyl (C=O) groups excluding carboxylic acids is 1. The van der Waals surface area contributed by atoms with Gasteiger partial charge in [0.05, 0.1) is 6.10 Å². The average molecular weight is 362 g/mol. The Morgan fingerprint density at radius 1 is 1.07 bits per heavy atom. The van der Waals surface area contributed by atoms with Crippen molar-refractivity contribution in [1.82, 2.24) is 15.3 Å². The average Bonchev–Trinajstić information content (AvgIpc) is 2.68. The van der Waals surface area contributed by atoms with Crippen LogP contribution in [-0.2, 0) is 6.54 Å². The SMILES string of the molecule is CC(C)Oc1ccc(Nc2ccnc(C(=O)NCc3cccnc3)c2)cc1. The van der Waals surface area contributed by atoms with Crippen LogP contribution in [0.25, 0.3) is 0 Å². The number of amides is 1. The minimum absolute atomic E-state index is 0.136. The number of hydrogen-bond acceptors (Lipinski definition) is 5. The third-order valence-electron chi connectivity index (χ3n) is 3.68. The first-order valence-electron chi connectivity index (χ1n) is 8.77. The summed E-state index contributed by atoms with van der Waals surface area (Å²) in [5.41, 5.74) is 2.97. The summed E-state index contributed by atoms with van der Waals surface area (Å²) >= 11 is 0. The molecule has 0 aliphatic rings. The molecule has 0 saturated carbocycles. The standard InChI is InChI=1S/C21H22N4O2/c1-15(2)27-19-7-5-17(6-8-19)25-18-9-11-23-20(12-18)21(26)24-14-16-4-3-10-22-13-16/h3-13,15H,14H2,1-2H3,(H,23,25)(H,24,26). The van der Waals surface area contributed by atoms with E-state index in [0.29, 0.717) is 12.2 Å². The second kappa shape index (κ2) is 8.80. The van der Waals surface area contributed by atoms with Crippen LogP contribution >= 0.6 is 0 Å². The number of aromatic nitrogens is 2. The van der Waals surface area contributed by atoms with E-state index in [1.807, 2.05) is 56.3 Å². The first-order valence-corrected chi connectivity index (χ1v) is 8.77. The zero-order chi connectivity index (χ0) is 19.1. The van der Waals surface area contributed by atoms with Crippen LogP contribution in [-0.4, -0.2) is 22.0 Å². The van der Waals surface area contributed by atoms with Crippen LogP contribution in [0.15, 0.2) is 67.1 Å². The number of nitrogens with zero attached hydrogens (tertiary/aromatic N) is 2. The van der Waals surface area contributed by atoms with Gasteiger partial charge in [-0.05, 0) is 61.9 Å². The first-order chi connectivity index (χ1) is 13.1. The van der Waals surface area contributed by atoms with Crippen LogP contribution < -0.4 is 15.4 Å². The van der Waals surface area contributed by atoms with Crippen molar-refractivity contribution in [1.29, 1.82) is 0 Å². The lowest BCUT2D eigenvalue weighted by Crippen LogP contribution is -2.23. The number of carbonyl (C=O) groups is 1. The van der Waals surface area contributed by atoms with Gasteiger partial charge in [-0.3, -0.25) is 14.8 Å². The molecule has 3 aromatic rings. The molecular weight excluding hydrogens is 340 g/mol. The summed E-state index contributed by atoms with van der Waals surface area (Å²) < 4.78 is 5.64. The lowest BCUT2D eigenvalue weighted by Gasteiger charge is -2.11. The maximum Gasteiger partial charge on any atom is 0.270 e. The number of anilines is 2. The second-order valence-electron chi connectivity index (χ2n) is 6.29. The van der Waals surface area contributed by atoms with E-state index in [0.717, 1.165) is 22.7 Å². The predicted molar refractivity (Wildman–Crippen MR) is 105 cm³/mol. The van der Waals surface area contributed by atoms with Crippen molar-refractivity contribution in [3.05, 3.63) is 78.4 Å². The van der Waals surface area contributed by atoms with Crippen LogP contribution in [0.4, 0.5) is 11.4 Å². The minimum Gasteiger partial charge on any atom is -0.491 e. The minimum atomic E-state index is -0.233. The van der Waals surface area contributed by atoms with E-state index in [2.05, 4.69) is 20.6 Å². The van der Waals surface area contributed by atoms with Gasteiger partial charge < -0.3 is 15.4 Å². The third kappa shape index (κ3) is 5.54. The van der Waals surface area contributed by atoms with E-state index in [-0.39, 0.29) is 12.0 Å². The van der Waals surface area contributed by atoms with Crippen molar-refractivity contribution in [2.45, 2.75) is 26.5 Å². The molecule has 138 valence electrons. The van der Waals surface area contributed by atoms with Crippen molar-refractivity contribution in [3.8, 4) is 5.75 Å². The molecule has 2 aromatic heterocycles. The van der Waals surface area contributed by atoms with E-state index >= 15 is 0 Å². The lowest BCUT2D eigenvalue weighted by molar-refractivity contribution is 0.0946. The van der Waals surface area contributed by atoms with Crippen LogP contribution in [0.5, 0.6) is 5.75 Å². The Morgan fingerprint density at radius 3 is 2.59 bits per heavy atom. The van der Waals surface area contributed by atoms with Crippen LogP contribution in [0.1, 0.15) is 29.9 Å². The Labute approximate surface area is 158 Å². The topological polar surface area (TPSA) is 76.1 Å². The summed E-state index contributed by atoms with van der Waals surface area (Å²) in [6.45, 7) is 4.39. The fraction of sp³-hybridized carbons (Fsp3) is 0.190. The molecule has 0 aliphatic carbocycles. The molecule has 6 heteroatoms. The van der Waals surface area contributed by atoms with Crippen molar-refractivity contribution < 1.29 is 9.53 Å². The van der Waals surface area contributed by atoms with Gasteiger partial charge in [-0.15, -0.1) is 0 Å². The number of ether oxygens (including phenoxy) is 1. The molecule has 0 bridgehead atoms. The summed E-state index contributed by atoms with van der Waals surface area (Å²) in [5.74, 6) is 0.587. The molecule has 2 N–H and O–H groups in total. The molecule has 3 rings (SSSR count). The molecular formula is C21H22N4O2. The molecule has 0 unspecified atom stereocenters. The Balaban J connectivity index is 1.62. The summed E-state index contributed by atoms with van der Waals surface area (Å²) in [4.78, 5) is 20.5. The molecule has 0 radical (unpaired) electrons. The molecule has 6 nitrogen and oxygen atoms in total. The molecule has 1 amide bonds. The lowest BCUT2D eigenvalue weighted by atomic mass is 10.2. The van der Waals surface area contributed by atoms with E-state index < -0.39 is 0 Å². The highest BCUT2D eigenvalue weighted by atomic mass is 16.5. The maximum atomic E-state index is 12.3.